The molecule has 0 N–H and O–H groups in total. The van der Waals surface area contributed by atoms with Gasteiger partial charge in [0, 0.05) is 24.4 Å². The van der Waals surface area contributed by atoms with E-state index in [1.807, 2.05) is 16.8 Å². The van der Waals surface area contributed by atoms with E-state index in [-0.39, 0.29) is 5.91 Å². The number of aromatic nitrogens is 2. The fourth-order valence-corrected chi connectivity index (χ4v) is 4.80. The Morgan fingerprint density at radius 2 is 2.21 bits per heavy atom. The molecule has 0 spiro atoms. The lowest BCUT2D eigenvalue weighted by molar-refractivity contribution is -0.116. The van der Waals surface area contributed by atoms with Crippen LogP contribution in [0, 0.1) is 3.95 Å². The molecule has 3 rings (SSSR count). The molecule has 9 heteroatoms. The molecule has 1 amide bonds. The van der Waals surface area contributed by atoms with Gasteiger partial charge in [-0.15, -0.1) is 16.4 Å². The van der Waals surface area contributed by atoms with Crippen LogP contribution < -0.4 is 4.90 Å². The zero-order chi connectivity index (χ0) is 17.3. The lowest BCUT2D eigenvalue weighted by atomic mass is 10.4. The largest absolute Gasteiger partial charge is 0.284 e. The zero-order valence-electron chi connectivity index (χ0n) is 13.6. The molecule has 0 unspecified atom stereocenters. The summed E-state index contributed by atoms with van der Waals surface area (Å²) in [7, 11) is 0. The minimum absolute atomic E-state index is 0.0361. The fraction of sp³-hybridized carbons (Fsp3) is 0.533. The number of rotatable bonds is 7. The molecule has 1 aliphatic rings. The average molecular weight is 403 g/mol. The molecule has 0 bridgehead atoms. The van der Waals surface area contributed by atoms with Crippen molar-refractivity contribution in [1.82, 2.24) is 14.7 Å². The summed E-state index contributed by atoms with van der Waals surface area (Å²) in [5.74, 6) is 0.0361. The lowest BCUT2D eigenvalue weighted by Gasteiger charge is -2.19. The maximum Gasteiger partial charge on any atom is 0.225 e. The van der Waals surface area contributed by atoms with Crippen LogP contribution in [0.15, 0.2) is 12.1 Å². The second kappa shape index (κ2) is 7.61. The van der Waals surface area contributed by atoms with E-state index in [1.54, 1.807) is 23.2 Å². The first-order chi connectivity index (χ1) is 11.5. The van der Waals surface area contributed by atoms with Gasteiger partial charge in [0.1, 0.15) is 0 Å². The molecule has 0 saturated heterocycles. The highest BCUT2D eigenvalue weighted by Gasteiger charge is 2.34. The Morgan fingerprint density at radius 1 is 1.46 bits per heavy atom. The minimum Gasteiger partial charge on any atom is -0.284 e. The third kappa shape index (κ3) is 4.23. The third-order valence-electron chi connectivity index (χ3n) is 3.84. The molecule has 2 heterocycles. The maximum absolute atomic E-state index is 11.9. The number of carbonyl (C=O) groups excluding carboxylic acids is 1. The first-order valence-electron chi connectivity index (χ1n) is 7.82. The molecule has 1 saturated carbocycles. The number of nitrogens with zero attached hydrogens (tertiary/aromatic N) is 4. The van der Waals surface area contributed by atoms with Gasteiger partial charge in [0.05, 0.1) is 11.0 Å². The van der Waals surface area contributed by atoms with E-state index >= 15 is 0 Å². The summed E-state index contributed by atoms with van der Waals surface area (Å²) >= 11 is 14.5. The van der Waals surface area contributed by atoms with E-state index in [2.05, 4.69) is 16.9 Å². The summed E-state index contributed by atoms with van der Waals surface area (Å²) in [4.78, 5) is 17.1. The molecule has 0 aromatic carbocycles. The second-order valence-electron chi connectivity index (χ2n) is 5.76. The standard InChI is InChI=1S/C15H19ClN4OS3/c1-3-18(8-12-6-7-13(16)23-12)9-19-15(22)24-14(17-19)20(10(2)21)11-4-5-11/h6-7,11H,3-5,8-9H2,1-2H3. The first-order valence-corrected chi connectivity index (χ1v) is 10.2. The Balaban J connectivity index is 1.74. The predicted molar refractivity (Wildman–Crippen MR) is 103 cm³/mol. The highest BCUT2D eigenvalue weighted by molar-refractivity contribution is 7.73. The van der Waals surface area contributed by atoms with Gasteiger partial charge >= 0.3 is 0 Å². The van der Waals surface area contributed by atoms with Crippen molar-refractivity contribution in [1.29, 1.82) is 0 Å². The topological polar surface area (TPSA) is 41.4 Å². The molecule has 5 nitrogen and oxygen atoms in total. The average Bonchev–Trinajstić information content (AvgIpc) is 3.16. The second-order valence-corrected chi connectivity index (χ2v) is 9.16. The van der Waals surface area contributed by atoms with Gasteiger partial charge in [-0.1, -0.05) is 29.9 Å². The SMILES string of the molecule is CCN(Cc1ccc(Cl)s1)Cn1nc(N(C(C)=O)C2CC2)sc1=S. The van der Waals surface area contributed by atoms with E-state index in [1.165, 1.54) is 16.2 Å². The van der Waals surface area contributed by atoms with Crippen LogP contribution in [0.2, 0.25) is 4.34 Å². The van der Waals surface area contributed by atoms with Crippen LogP contribution in [-0.4, -0.2) is 33.2 Å². The van der Waals surface area contributed by atoms with E-state index in [4.69, 9.17) is 23.8 Å². The molecule has 24 heavy (non-hydrogen) atoms. The van der Waals surface area contributed by atoms with Crippen LogP contribution in [0.25, 0.3) is 0 Å². The highest BCUT2D eigenvalue weighted by Crippen LogP contribution is 2.33. The first kappa shape index (κ1) is 18.0. The van der Waals surface area contributed by atoms with Crippen LogP contribution in [0.5, 0.6) is 0 Å². The van der Waals surface area contributed by atoms with Gasteiger partial charge in [-0.25, -0.2) is 4.68 Å². The van der Waals surface area contributed by atoms with Crippen molar-refractivity contribution < 1.29 is 4.79 Å². The fourth-order valence-electron chi connectivity index (χ4n) is 2.47. The van der Waals surface area contributed by atoms with Gasteiger partial charge in [0.25, 0.3) is 0 Å². The molecule has 1 aliphatic carbocycles. The smallest absolute Gasteiger partial charge is 0.225 e. The summed E-state index contributed by atoms with van der Waals surface area (Å²) in [6, 6.07) is 4.26. The van der Waals surface area contributed by atoms with Crippen LogP contribution in [0.4, 0.5) is 5.13 Å². The van der Waals surface area contributed by atoms with Crippen LogP contribution >= 0.6 is 46.5 Å². The molecule has 130 valence electrons. The summed E-state index contributed by atoms with van der Waals surface area (Å²) in [5, 5.41) is 5.31. The maximum atomic E-state index is 11.9. The molecule has 2 aromatic heterocycles. The number of carbonyl (C=O) groups is 1. The number of hydrogen-bond donors (Lipinski definition) is 0. The number of amides is 1. The van der Waals surface area contributed by atoms with Gasteiger partial charge in [-0.3, -0.25) is 14.6 Å². The van der Waals surface area contributed by atoms with Gasteiger partial charge in [0.15, 0.2) is 3.95 Å². The zero-order valence-corrected chi connectivity index (χ0v) is 16.8. The van der Waals surface area contributed by atoms with Crippen LogP contribution in [-0.2, 0) is 18.0 Å². The number of thiophene rings is 1. The van der Waals surface area contributed by atoms with Crippen molar-refractivity contribution in [3.05, 3.63) is 25.3 Å². The van der Waals surface area contributed by atoms with Crippen molar-refractivity contribution >= 4 is 57.5 Å². The summed E-state index contributed by atoms with van der Waals surface area (Å²) in [5.41, 5.74) is 0. The Hall–Kier alpha value is -0.800. The molecule has 0 atom stereocenters. The van der Waals surface area contributed by atoms with E-state index in [9.17, 15) is 4.79 Å². The van der Waals surface area contributed by atoms with Crippen LogP contribution in [0.1, 0.15) is 31.6 Å². The Bertz CT molecular complexity index is 780. The quantitative estimate of drug-likeness (QED) is 0.644. The number of halogens is 1. The van der Waals surface area contributed by atoms with E-state index in [0.717, 1.165) is 30.3 Å². The predicted octanol–water partition coefficient (Wildman–Crippen LogP) is 4.38. The molecule has 0 radical (unpaired) electrons. The monoisotopic (exact) mass is 402 g/mol. The molecular weight excluding hydrogens is 384 g/mol. The van der Waals surface area contributed by atoms with Crippen LogP contribution in [0.3, 0.4) is 0 Å². The highest BCUT2D eigenvalue weighted by atomic mass is 35.5. The third-order valence-corrected chi connectivity index (χ3v) is 6.37. The van der Waals surface area contributed by atoms with E-state index < -0.39 is 0 Å². The Morgan fingerprint density at radius 3 is 2.75 bits per heavy atom. The van der Waals surface area contributed by atoms with Crippen molar-refractivity contribution in [2.24, 2.45) is 0 Å². The number of hydrogen-bond acceptors (Lipinski definition) is 6. The summed E-state index contributed by atoms with van der Waals surface area (Å²) in [6.45, 7) is 5.99. The van der Waals surface area contributed by atoms with Gasteiger partial charge < -0.3 is 0 Å². The Labute approximate surface area is 159 Å². The van der Waals surface area contributed by atoms with E-state index in [0.29, 0.717) is 21.8 Å². The van der Waals surface area contributed by atoms with Gasteiger partial charge in [-0.2, -0.15) is 0 Å². The summed E-state index contributed by atoms with van der Waals surface area (Å²) < 4.78 is 3.31. The molecule has 2 aromatic rings. The van der Waals surface area contributed by atoms with Crippen molar-refractivity contribution in [2.45, 2.75) is 45.9 Å². The van der Waals surface area contributed by atoms with Crippen molar-refractivity contribution in [3.63, 3.8) is 0 Å². The van der Waals surface area contributed by atoms with Gasteiger partial charge in [-0.05, 0) is 43.7 Å². The van der Waals surface area contributed by atoms with Crippen molar-refractivity contribution in [3.8, 4) is 0 Å². The Kier molecular flexibility index (Phi) is 5.71. The lowest BCUT2D eigenvalue weighted by Crippen LogP contribution is -2.31. The molecular formula is C15H19ClN4OS3. The minimum atomic E-state index is 0.0361. The van der Waals surface area contributed by atoms with Gasteiger partial charge in [0.2, 0.25) is 11.0 Å². The number of anilines is 1. The summed E-state index contributed by atoms with van der Waals surface area (Å²) in [6.07, 6.45) is 2.10. The molecule has 1 fully saturated rings. The molecule has 0 aliphatic heterocycles. The van der Waals surface area contributed by atoms with Crippen molar-refractivity contribution in [2.75, 3.05) is 11.4 Å². The normalized spacial score (nSPS) is 14.3.